The zero-order valence-electron chi connectivity index (χ0n) is 13.9. The van der Waals surface area contributed by atoms with Crippen molar-refractivity contribution >= 4 is 13.8 Å². The second-order valence-electron chi connectivity index (χ2n) is 4.79. The number of esters is 1. The Bertz CT molecular complexity index is 344. The number of unbranched alkanes of at least 4 members (excludes halogenated alkanes) is 2. The molecule has 0 aromatic carbocycles. The highest BCUT2D eigenvalue weighted by molar-refractivity contribution is 7.48. The Balaban J connectivity index is 4.74. The third-order valence-corrected chi connectivity index (χ3v) is 4.17. The zero-order valence-corrected chi connectivity index (χ0v) is 14.8. The Morgan fingerprint density at radius 1 is 1.09 bits per heavy atom. The molecule has 0 N–H and O–H groups in total. The van der Waals surface area contributed by atoms with E-state index in [2.05, 4.69) is 6.58 Å². The lowest BCUT2D eigenvalue weighted by molar-refractivity contribution is -0.161. The minimum Gasteiger partial charge on any atom is -0.432 e. The van der Waals surface area contributed by atoms with Crippen LogP contribution < -0.4 is 0 Å². The maximum Gasteiger partial charge on any atom is 0.477 e. The molecule has 0 aromatic heterocycles. The molecule has 0 aliphatic carbocycles. The molecule has 0 aromatic rings. The van der Waals surface area contributed by atoms with Gasteiger partial charge in [0, 0.05) is 12.5 Å². The van der Waals surface area contributed by atoms with Gasteiger partial charge in [-0.05, 0) is 12.8 Å². The first kappa shape index (κ1) is 21.3. The summed E-state index contributed by atoms with van der Waals surface area (Å²) in [6.07, 6.45) is 4.45. The van der Waals surface area contributed by atoms with E-state index < -0.39 is 20.1 Å². The lowest BCUT2D eigenvalue weighted by Crippen LogP contribution is -2.20. The summed E-state index contributed by atoms with van der Waals surface area (Å²) >= 11 is 0. The van der Waals surface area contributed by atoms with Gasteiger partial charge in [-0.2, -0.15) is 0 Å². The lowest BCUT2D eigenvalue weighted by Gasteiger charge is -2.23. The van der Waals surface area contributed by atoms with Gasteiger partial charge in [-0.25, -0.2) is 13.9 Å². The van der Waals surface area contributed by atoms with Crippen molar-refractivity contribution < 1.29 is 27.7 Å². The van der Waals surface area contributed by atoms with Gasteiger partial charge in [0.15, 0.2) is 0 Å². The first-order valence-electron chi connectivity index (χ1n) is 7.91. The van der Waals surface area contributed by atoms with Crippen LogP contribution in [-0.4, -0.2) is 25.5 Å². The predicted molar refractivity (Wildman–Crippen MR) is 85.4 cm³/mol. The minimum absolute atomic E-state index is 0.272. The third-order valence-electron chi connectivity index (χ3n) is 2.68. The van der Waals surface area contributed by atoms with E-state index in [1.165, 1.54) is 0 Å². The molecule has 1 atom stereocenters. The fourth-order valence-corrected chi connectivity index (χ4v) is 2.77. The summed E-state index contributed by atoms with van der Waals surface area (Å²) < 4.78 is 33.6. The Labute approximate surface area is 133 Å². The molecule has 7 heteroatoms. The molecule has 0 radical (unpaired) electrons. The van der Waals surface area contributed by atoms with Crippen LogP contribution in [0.15, 0.2) is 12.7 Å². The minimum atomic E-state index is -3.74. The zero-order chi connectivity index (χ0) is 16.8. The highest BCUT2D eigenvalue weighted by Gasteiger charge is 2.32. The second kappa shape index (κ2) is 12.8. The highest BCUT2D eigenvalue weighted by atomic mass is 31.2. The summed E-state index contributed by atoms with van der Waals surface area (Å²) in [6, 6.07) is 0. The van der Waals surface area contributed by atoms with E-state index in [4.69, 9.17) is 18.3 Å². The van der Waals surface area contributed by atoms with E-state index >= 15 is 0 Å². The predicted octanol–water partition coefficient (Wildman–Crippen LogP) is 4.60. The largest absolute Gasteiger partial charge is 0.477 e. The standard InChI is InChI=1S/C15H29O6P/c1-5-9-12-18-22(17,19-13-10-6-2)21-15(11-7-3)20-14(16)8-4/h8,15H,4-7,9-13H2,1-3H3. The van der Waals surface area contributed by atoms with Crippen LogP contribution in [0.25, 0.3) is 0 Å². The first-order valence-corrected chi connectivity index (χ1v) is 9.37. The van der Waals surface area contributed by atoms with Crippen LogP contribution in [0.4, 0.5) is 0 Å². The number of rotatable bonds is 14. The molecular weight excluding hydrogens is 307 g/mol. The van der Waals surface area contributed by atoms with Crippen molar-refractivity contribution in [3.05, 3.63) is 12.7 Å². The fraction of sp³-hybridized carbons (Fsp3) is 0.800. The molecular formula is C15H29O6P. The number of hydrogen-bond donors (Lipinski definition) is 0. The summed E-state index contributed by atoms with van der Waals surface area (Å²) in [4.78, 5) is 11.3. The van der Waals surface area contributed by atoms with Crippen molar-refractivity contribution in [3.63, 3.8) is 0 Å². The molecule has 130 valence electrons. The summed E-state index contributed by atoms with van der Waals surface area (Å²) in [5.74, 6) is -0.632. The van der Waals surface area contributed by atoms with Gasteiger partial charge in [0.1, 0.15) is 0 Å². The number of hydrogen-bond acceptors (Lipinski definition) is 6. The van der Waals surface area contributed by atoms with E-state index in [0.717, 1.165) is 31.8 Å². The molecule has 0 saturated carbocycles. The topological polar surface area (TPSA) is 71.1 Å². The van der Waals surface area contributed by atoms with Gasteiger partial charge in [-0.15, -0.1) is 0 Å². The Kier molecular flexibility index (Phi) is 12.4. The van der Waals surface area contributed by atoms with Gasteiger partial charge < -0.3 is 4.74 Å². The number of phosphoric ester groups is 1. The van der Waals surface area contributed by atoms with Crippen molar-refractivity contribution in [1.82, 2.24) is 0 Å². The Hall–Kier alpha value is -0.680. The molecule has 1 unspecified atom stereocenters. The first-order chi connectivity index (χ1) is 10.5. The van der Waals surface area contributed by atoms with E-state index in [9.17, 15) is 9.36 Å². The molecule has 0 aliphatic rings. The second-order valence-corrected chi connectivity index (χ2v) is 6.41. The molecule has 0 rings (SSSR count). The van der Waals surface area contributed by atoms with Gasteiger partial charge in [-0.3, -0.25) is 9.05 Å². The molecule has 0 aliphatic heterocycles. The maximum atomic E-state index is 12.6. The molecule has 0 amide bonds. The molecule has 0 fully saturated rings. The monoisotopic (exact) mass is 336 g/mol. The van der Waals surface area contributed by atoms with Crippen molar-refractivity contribution in [2.75, 3.05) is 13.2 Å². The van der Waals surface area contributed by atoms with Gasteiger partial charge >= 0.3 is 13.8 Å². The van der Waals surface area contributed by atoms with Gasteiger partial charge in [0.2, 0.25) is 6.29 Å². The van der Waals surface area contributed by atoms with E-state index in [1.807, 2.05) is 20.8 Å². The van der Waals surface area contributed by atoms with Crippen LogP contribution >= 0.6 is 7.82 Å². The summed E-state index contributed by atoms with van der Waals surface area (Å²) in [5, 5.41) is 0. The molecule has 0 spiro atoms. The number of phosphoric acid groups is 1. The van der Waals surface area contributed by atoms with E-state index in [-0.39, 0.29) is 13.2 Å². The van der Waals surface area contributed by atoms with Crippen LogP contribution in [0, 0.1) is 0 Å². The normalized spacial score (nSPS) is 12.9. The summed E-state index contributed by atoms with van der Waals surface area (Å²) in [7, 11) is -3.74. The van der Waals surface area contributed by atoms with Gasteiger partial charge in [-0.1, -0.05) is 46.6 Å². The smallest absolute Gasteiger partial charge is 0.432 e. The van der Waals surface area contributed by atoms with Crippen LogP contribution in [0.5, 0.6) is 0 Å². The SMILES string of the molecule is C=CC(=O)OC(CCC)OP(=O)(OCCCC)OCCCC. The van der Waals surface area contributed by atoms with Gasteiger partial charge in [0.05, 0.1) is 13.2 Å². The molecule has 6 nitrogen and oxygen atoms in total. The average Bonchev–Trinajstić information content (AvgIpc) is 2.48. The maximum absolute atomic E-state index is 12.6. The van der Waals surface area contributed by atoms with Crippen molar-refractivity contribution in [2.45, 2.75) is 65.6 Å². The quantitative estimate of drug-likeness (QED) is 0.152. The van der Waals surface area contributed by atoms with Crippen LogP contribution in [0.2, 0.25) is 0 Å². The van der Waals surface area contributed by atoms with Gasteiger partial charge in [0.25, 0.3) is 0 Å². The van der Waals surface area contributed by atoms with E-state index in [0.29, 0.717) is 12.8 Å². The van der Waals surface area contributed by atoms with E-state index in [1.54, 1.807) is 0 Å². The van der Waals surface area contributed by atoms with Crippen molar-refractivity contribution in [2.24, 2.45) is 0 Å². The number of ether oxygens (including phenoxy) is 1. The lowest BCUT2D eigenvalue weighted by atomic mass is 10.3. The van der Waals surface area contributed by atoms with Crippen LogP contribution in [0.3, 0.4) is 0 Å². The molecule has 22 heavy (non-hydrogen) atoms. The van der Waals surface area contributed by atoms with Crippen LogP contribution in [-0.2, 0) is 27.7 Å². The van der Waals surface area contributed by atoms with Crippen LogP contribution in [0.1, 0.15) is 59.3 Å². The average molecular weight is 336 g/mol. The summed E-state index contributed by atoms with van der Waals surface area (Å²) in [5.41, 5.74) is 0. The third kappa shape index (κ3) is 10.1. The molecule has 0 bridgehead atoms. The number of carbonyl (C=O) groups is 1. The fourth-order valence-electron chi connectivity index (χ4n) is 1.43. The Morgan fingerprint density at radius 3 is 2.05 bits per heavy atom. The van der Waals surface area contributed by atoms with Crippen molar-refractivity contribution in [1.29, 1.82) is 0 Å². The Morgan fingerprint density at radius 2 is 1.64 bits per heavy atom. The molecule has 0 heterocycles. The number of carbonyl (C=O) groups excluding carboxylic acids is 1. The van der Waals surface area contributed by atoms with Crippen molar-refractivity contribution in [3.8, 4) is 0 Å². The highest BCUT2D eigenvalue weighted by Crippen LogP contribution is 2.51. The molecule has 0 saturated heterocycles. The summed E-state index contributed by atoms with van der Waals surface area (Å²) in [6.45, 7) is 9.77.